The molecule has 0 aliphatic carbocycles. The average Bonchev–Trinajstić information content (AvgIpc) is 3.62. The number of anilines is 2. The van der Waals surface area contributed by atoms with Crippen LogP contribution in [0.3, 0.4) is 0 Å². The molecular weight excluding hydrogens is 582 g/mol. The standard InChI is InChI=1S/C30H43N9O6/c1-29(2,3)17-6-8-18(9-7-17)37-27(40)38-19(10-11-32-12-13-33-28(41)42)14-20-22-23(45-30(4,5)44-22)26(43-20)39-16-36-21-24(31)34-15-35-25(21)39/h6-9,15-16,19-20,22-23,26,32-33H,10-14H2,1-5H3,(H,41,42)(H2,31,34,35)(H2,37,38,40)/t19?,20-,22-,23-,26-/m1/s1. The van der Waals surface area contributed by atoms with Gasteiger partial charge in [-0.15, -0.1) is 0 Å². The van der Waals surface area contributed by atoms with E-state index < -0.39 is 36.4 Å². The molecule has 4 heterocycles. The summed E-state index contributed by atoms with van der Waals surface area (Å²) in [4.78, 5) is 36.8. The molecule has 244 valence electrons. The number of rotatable bonds is 11. The summed E-state index contributed by atoms with van der Waals surface area (Å²) < 4.78 is 21.0. The molecule has 2 saturated heterocycles. The highest BCUT2D eigenvalue weighted by molar-refractivity contribution is 5.89. The van der Waals surface area contributed by atoms with Crippen molar-refractivity contribution in [2.45, 2.75) is 89.2 Å². The molecule has 1 aromatic carbocycles. The second-order valence-corrected chi connectivity index (χ2v) is 12.8. The molecule has 2 fully saturated rings. The van der Waals surface area contributed by atoms with Gasteiger partial charge in [-0.2, -0.15) is 0 Å². The monoisotopic (exact) mass is 625 g/mol. The van der Waals surface area contributed by atoms with Crippen molar-refractivity contribution in [1.82, 2.24) is 35.5 Å². The Labute approximate surface area is 261 Å². The number of carbonyl (C=O) groups excluding carboxylic acids is 1. The van der Waals surface area contributed by atoms with E-state index in [1.54, 1.807) is 10.9 Å². The van der Waals surface area contributed by atoms with E-state index in [-0.39, 0.29) is 29.9 Å². The third kappa shape index (κ3) is 7.79. The molecule has 2 aliphatic heterocycles. The number of imidazole rings is 1. The van der Waals surface area contributed by atoms with Gasteiger partial charge < -0.3 is 46.3 Å². The predicted octanol–water partition coefficient (Wildman–Crippen LogP) is 2.95. The Morgan fingerprint density at radius 2 is 1.80 bits per heavy atom. The molecule has 0 spiro atoms. The van der Waals surface area contributed by atoms with Crippen LogP contribution in [0.2, 0.25) is 0 Å². The number of carboxylic acid groups (broad SMARTS) is 1. The Balaban J connectivity index is 1.30. The first-order valence-electron chi connectivity index (χ1n) is 15.1. The summed E-state index contributed by atoms with van der Waals surface area (Å²) >= 11 is 0. The van der Waals surface area contributed by atoms with Crippen molar-refractivity contribution >= 4 is 34.8 Å². The molecule has 15 nitrogen and oxygen atoms in total. The predicted molar refractivity (Wildman–Crippen MR) is 167 cm³/mol. The van der Waals surface area contributed by atoms with E-state index in [0.717, 1.165) is 0 Å². The fourth-order valence-corrected chi connectivity index (χ4v) is 5.72. The largest absolute Gasteiger partial charge is 0.465 e. The lowest BCUT2D eigenvalue weighted by Crippen LogP contribution is -2.44. The Kier molecular flexibility index (Phi) is 9.44. The van der Waals surface area contributed by atoms with Crippen LogP contribution in [0.1, 0.15) is 59.3 Å². The van der Waals surface area contributed by atoms with Gasteiger partial charge in [-0.3, -0.25) is 4.57 Å². The van der Waals surface area contributed by atoms with Crippen LogP contribution in [0.5, 0.6) is 0 Å². The van der Waals surface area contributed by atoms with Gasteiger partial charge in [0.25, 0.3) is 0 Å². The van der Waals surface area contributed by atoms with Gasteiger partial charge in [-0.05, 0) is 56.3 Å². The Morgan fingerprint density at radius 3 is 2.51 bits per heavy atom. The molecule has 3 aromatic rings. The Bertz CT molecular complexity index is 1490. The number of urea groups is 1. The fraction of sp³-hybridized carbons (Fsp3) is 0.567. The third-order valence-corrected chi connectivity index (χ3v) is 7.89. The van der Waals surface area contributed by atoms with E-state index in [4.69, 9.17) is 25.1 Å². The van der Waals surface area contributed by atoms with Gasteiger partial charge >= 0.3 is 12.1 Å². The first-order valence-corrected chi connectivity index (χ1v) is 15.1. The highest BCUT2D eigenvalue weighted by Crippen LogP contribution is 2.45. The lowest BCUT2D eigenvalue weighted by Gasteiger charge is -2.27. The second-order valence-electron chi connectivity index (χ2n) is 12.8. The summed E-state index contributed by atoms with van der Waals surface area (Å²) in [6.45, 7) is 11.4. The maximum atomic E-state index is 13.2. The van der Waals surface area contributed by atoms with Crippen molar-refractivity contribution < 1.29 is 28.9 Å². The van der Waals surface area contributed by atoms with Crippen molar-refractivity contribution in [3.63, 3.8) is 0 Å². The normalized spacial score (nSPS) is 23.0. The maximum absolute atomic E-state index is 13.2. The summed E-state index contributed by atoms with van der Waals surface area (Å²) in [6, 6.07) is 7.11. The van der Waals surface area contributed by atoms with Crippen LogP contribution in [0, 0.1) is 0 Å². The van der Waals surface area contributed by atoms with E-state index in [1.165, 1.54) is 11.9 Å². The molecule has 3 amide bonds. The topological polar surface area (TPSA) is 200 Å². The summed E-state index contributed by atoms with van der Waals surface area (Å²) in [5.74, 6) is -0.582. The molecule has 5 atom stereocenters. The number of ether oxygens (including phenoxy) is 3. The molecule has 2 aliphatic rings. The van der Waals surface area contributed by atoms with Crippen molar-refractivity contribution in [1.29, 1.82) is 0 Å². The van der Waals surface area contributed by atoms with E-state index in [2.05, 4.69) is 57.0 Å². The number of aromatic nitrogens is 4. The first-order chi connectivity index (χ1) is 21.3. The van der Waals surface area contributed by atoms with Crippen molar-refractivity contribution in [2.24, 2.45) is 0 Å². The number of nitrogen functional groups attached to an aromatic ring is 1. The lowest BCUT2D eigenvalue weighted by molar-refractivity contribution is -0.197. The molecule has 1 unspecified atom stereocenters. The molecule has 0 saturated carbocycles. The number of carbonyl (C=O) groups is 2. The van der Waals surface area contributed by atoms with E-state index in [9.17, 15) is 9.59 Å². The van der Waals surface area contributed by atoms with Gasteiger partial charge in [0.1, 0.15) is 24.1 Å². The SMILES string of the molecule is CC1(C)O[C@@H]2[C@H](O1)[C@@H](CC(CCNCCNC(=O)O)NC(=O)Nc1ccc(C(C)(C)C)cc1)O[C@H]2n1cnc2c(N)ncnc21. The number of amides is 3. The molecule has 5 rings (SSSR count). The van der Waals surface area contributed by atoms with Crippen LogP contribution in [-0.2, 0) is 19.6 Å². The highest BCUT2D eigenvalue weighted by Gasteiger charge is 2.56. The van der Waals surface area contributed by atoms with Gasteiger partial charge in [-0.1, -0.05) is 32.9 Å². The summed E-state index contributed by atoms with van der Waals surface area (Å²) in [5, 5.41) is 20.4. The lowest BCUT2D eigenvalue weighted by atomic mass is 9.87. The van der Waals surface area contributed by atoms with Crippen LogP contribution in [-0.4, -0.2) is 86.5 Å². The number of fused-ring (bicyclic) bond motifs is 2. The number of benzene rings is 1. The number of nitrogens with one attached hydrogen (secondary N) is 4. The van der Waals surface area contributed by atoms with E-state index >= 15 is 0 Å². The van der Waals surface area contributed by atoms with Gasteiger partial charge in [0.15, 0.2) is 23.5 Å². The average molecular weight is 626 g/mol. The smallest absolute Gasteiger partial charge is 0.404 e. The Morgan fingerprint density at radius 1 is 1.07 bits per heavy atom. The van der Waals surface area contributed by atoms with Crippen molar-refractivity contribution in [2.75, 3.05) is 30.7 Å². The van der Waals surface area contributed by atoms with E-state index in [1.807, 2.05) is 38.1 Å². The van der Waals surface area contributed by atoms with E-state index in [0.29, 0.717) is 42.8 Å². The molecule has 15 heteroatoms. The minimum atomic E-state index is -1.08. The maximum Gasteiger partial charge on any atom is 0.404 e. The van der Waals surface area contributed by atoms with Gasteiger partial charge in [0.2, 0.25) is 0 Å². The first kappa shape index (κ1) is 32.3. The zero-order chi connectivity index (χ0) is 32.4. The molecule has 45 heavy (non-hydrogen) atoms. The van der Waals surface area contributed by atoms with Gasteiger partial charge in [-0.25, -0.2) is 24.5 Å². The van der Waals surface area contributed by atoms with Crippen LogP contribution in [0.25, 0.3) is 11.2 Å². The molecule has 0 radical (unpaired) electrons. The molecule has 0 bridgehead atoms. The fourth-order valence-electron chi connectivity index (χ4n) is 5.72. The molecule has 2 aromatic heterocycles. The number of hydrogen-bond acceptors (Lipinski definition) is 10. The Hall–Kier alpha value is -4.05. The second kappa shape index (κ2) is 13.1. The van der Waals surface area contributed by atoms with Crippen molar-refractivity contribution in [3.05, 3.63) is 42.5 Å². The summed E-state index contributed by atoms with van der Waals surface area (Å²) in [7, 11) is 0. The van der Waals surface area contributed by atoms with Gasteiger partial charge in [0, 0.05) is 24.8 Å². The zero-order valence-electron chi connectivity index (χ0n) is 26.2. The third-order valence-electron chi connectivity index (χ3n) is 7.89. The van der Waals surface area contributed by atoms with Crippen LogP contribution in [0.15, 0.2) is 36.9 Å². The number of nitrogens with zero attached hydrogens (tertiary/aromatic N) is 4. The van der Waals surface area contributed by atoms with Crippen LogP contribution < -0.4 is 27.0 Å². The van der Waals surface area contributed by atoms with Crippen molar-refractivity contribution in [3.8, 4) is 0 Å². The molecule has 7 N–H and O–H groups in total. The van der Waals surface area contributed by atoms with Crippen LogP contribution >= 0.6 is 0 Å². The van der Waals surface area contributed by atoms with Gasteiger partial charge in [0.05, 0.1) is 12.4 Å². The van der Waals surface area contributed by atoms with Crippen LogP contribution in [0.4, 0.5) is 21.1 Å². The summed E-state index contributed by atoms with van der Waals surface area (Å²) in [5.41, 5.74) is 8.85. The highest BCUT2D eigenvalue weighted by atomic mass is 16.8. The molecular formula is C30H43N9O6. The minimum absolute atomic E-state index is 0.000972. The number of hydrogen-bond donors (Lipinski definition) is 6. The quantitative estimate of drug-likeness (QED) is 0.171. The minimum Gasteiger partial charge on any atom is -0.465 e. The number of nitrogens with two attached hydrogens (primary N) is 1. The summed E-state index contributed by atoms with van der Waals surface area (Å²) in [6.07, 6.45) is 0.954. The zero-order valence-corrected chi connectivity index (χ0v) is 26.2.